The molecule has 1 aromatic rings. The van der Waals surface area contributed by atoms with Gasteiger partial charge in [0.05, 0.1) is 18.8 Å². The summed E-state index contributed by atoms with van der Waals surface area (Å²) in [5.74, 6) is 1.42. The molecule has 3 N–H and O–H groups in total. The molecule has 1 fully saturated rings. The van der Waals surface area contributed by atoms with Crippen molar-refractivity contribution in [2.45, 2.75) is 64.6 Å². The van der Waals surface area contributed by atoms with Crippen molar-refractivity contribution in [2.24, 2.45) is 18.0 Å². The van der Waals surface area contributed by atoms with Gasteiger partial charge in [0.1, 0.15) is 5.60 Å². The van der Waals surface area contributed by atoms with E-state index in [-0.39, 0.29) is 6.54 Å². The summed E-state index contributed by atoms with van der Waals surface area (Å²) in [5, 5.41) is 21.5. The van der Waals surface area contributed by atoms with Gasteiger partial charge >= 0.3 is 0 Å². The Balaban J connectivity index is 1.88. The van der Waals surface area contributed by atoms with Crippen LogP contribution in [0.3, 0.4) is 0 Å². The van der Waals surface area contributed by atoms with Gasteiger partial charge in [-0.15, -0.1) is 0 Å². The Labute approximate surface area is 163 Å². The van der Waals surface area contributed by atoms with Gasteiger partial charge in [-0.3, -0.25) is 4.68 Å². The number of ether oxygens (including phenoxy) is 1. The van der Waals surface area contributed by atoms with Crippen LogP contribution < -0.4 is 10.6 Å². The first-order chi connectivity index (χ1) is 13.0. The van der Waals surface area contributed by atoms with Gasteiger partial charge in [0.15, 0.2) is 5.96 Å². The zero-order chi connectivity index (χ0) is 19.7. The van der Waals surface area contributed by atoms with Crippen LogP contribution in [0.4, 0.5) is 0 Å². The molecule has 2 rings (SSSR count). The van der Waals surface area contributed by atoms with E-state index in [9.17, 15) is 5.11 Å². The first kappa shape index (κ1) is 21.7. The molecule has 0 spiro atoms. The fourth-order valence-electron chi connectivity index (χ4n) is 3.70. The summed E-state index contributed by atoms with van der Waals surface area (Å²) >= 11 is 0. The Morgan fingerprint density at radius 2 is 2.15 bits per heavy atom. The molecule has 7 heteroatoms. The second-order valence-corrected chi connectivity index (χ2v) is 7.63. The molecule has 0 aromatic carbocycles. The first-order valence-corrected chi connectivity index (χ1v) is 10.3. The highest BCUT2D eigenvalue weighted by Gasteiger charge is 2.26. The molecule has 1 heterocycles. The largest absolute Gasteiger partial charge is 0.383 e. The second kappa shape index (κ2) is 10.7. The number of aliphatic imine (C=N–C) groups is 1. The minimum absolute atomic E-state index is 0.269. The Kier molecular flexibility index (Phi) is 8.57. The van der Waals surface area contributed by atoms with Crippen LogP contribution in [0, 0.1) is 5.92 Å². The van der Waals surface area contributed by atoms with E-state index in [0.717, 1.165) is 37.6 Å². The van der Waals surface area contributed by atoms with Gasteiger partial charge in [0.25, 0.3) is 0 Å². The molecule has 0 radical (unpaired) electrons. The SMILES string of the molecule is CCNC(=NCC(C)(O)c1cnn(C)c1)NCCC(OCC)C1CCCC1. The molecule has 1 aromatic heterocycles. The summed E-state index contributed by atoms with van der Waals surface area (Å²) in [4.78, 5) is 4.58. The number of hydrogen-bond donors (Lipinski definition) is 3. The lowest BCUT2D eigenvalue weighted by atomic mass is 9.98. The van der Waals surface area contributed by atoms with Gasteiger partial charge in [-0.1, -0.05) is 12.8 Å². The van der Waals surface area contributed by atoms with Crippen LogP contribution in [0.5, 0.6) is 0 Å². The average molecular weight is 380 g/mol. The topological polar surface area (TPSA) is 83.7 Å². The molecule has 1 aliphatic rings. The lowest BCUT2D eigenvalue weighted by Crippen LogP contribution is -2.40. The maximum absolute atomic E-state index is 10.7. The number of aryl methyl sites for hydroxylation is 1. The third-order valence-corrected chi connectivity index (χ3v) is 5.24. The molecule has 0 aliphatic heterocycles. The normalized spacial score (nSPS) is 19.1. The predicted molar refractivity (Wildman–Crippen MR) is 109 cm³/mol. The van der Waals surface area contributed by atoms with Crippen molar-refractivity contribution < 1.29 is 9.84 Å². The molecule has 1 saturated carbocycles. The molecule has 0 saturated heterocycles. The Bertz CT molecular complexity index is 579. The highest BCUT2D eigenvalue weighted by atomic mass is 16.5. The van der Waals surface area contributed by atoms with E-state index in [4.69, 9.17) is 4.74 Å². The zero-order valence-corrected chi connectivity index (χ0v) is 17.4. The Hall–Kier alpha value is -1.60. The first-order valence-electron chi connectivity index (χ1n) is 10.3. The Morgan fingerprint density at radius 3 is 2.74 bits per heavy atom. The van der Waals surface area contributed by atoms with Crippen molar-refractivity contribution >= 4 is 5.96 Å². The lowest BCUT2D eigenvalue weighted by molar-refractivity contribution is 0.0169. The minimum Gasteiger partial charge on any atom is -0.383 e. The standard InChI is InChI=1S/C20H37N5O2/c1-5-21-19(23-15-20(3,26)17-13-24-25(4)14-17)22-12-11-18(27-6-2)16-9-7-8-10-16/h13-14,16,18,26H,5-12,15H2,1-4H3,(H2,21,22,23). The van der Waals surface area contributed by atoms with Gasteiger partial charge in [-0.05, 0) is 46.0 Å². The average Bonchev–Trinajstić information content (AvgIpc) is 3.31. The van der Waals surface area contributed by atoms with E-state index in [1.807, 2.05) is 20.2 Å². The van der Waals surface area contributed by atoms with E-state index in [2.05, 4.69) is 27.6 Å². The number of guanidine groups is 1. The molecular formula is C20H37N5O2. The van der Waals surface area contributed by atoms with Crippen LogP contribution >= 0.6 is 0 Å². The van der Waals surface area contributed by atoms with E-state index >= 15 is 0 Å². The molecule has 0 amide bonds. The Morgan fingerprint density at radius 1 is 1.41 bits per heavy atom. The fourth-order valence-corrected chi connectivity index (χ4v) is 3.70. The van der Waals surface area contributed by atoms with Crippen molar-refractivity contribution in [1.29, 1.82) is 0 Å². The quantitative estimate of drug-likeness (QED) is 0.429. The van der Waals surface area contributed by atoms with E-state index in [0.29, 0.717) is 12.0 Å². The molecule has 0 bridgehead atoms. The van der Waals surface area contributed by atoms with Crippen LogP contribution in [0.2, 0.25) is 0 Å². The fraction of sp³-hybridized carbons (Fsp3) is 0.800. The maximum atomic E-state index is 10.7. The minimum atomic E-state index is -1.05. The third kappa shape index (κ3) is 6.81. The summed E-state index contributed by atoms with van der Waals surface area (Å²) in [7, 11) is 1.84. The third-order valence-electron chi connectivity index (χ3n) is 5.24. The van der Waals surface area contributed by atoms with Crippen molar-refractivity contribution in [3.8, 4) is 0 Å². The van der Waals surface area contributed by atoms with Gasteiger partial charge in [0, 0.05) is 38.5 Å². The smallest absolute Gasteiger partial charge is 0.191 e. The lowest BCUT2D eigenvalue weighted by Gasteiger charge is -2.24. The molecule has 7 nitrogen and oxygen atoms in total. The molecule has 27 heavy (non-hydrogen) atoms. The van der Waals surface area contributed by atoms with Crippen LogP contribution in [0.1, 0.15) is 58.4 Å². The number of nitrogens with one attached hydrogen (secondary N) is 2. The summed E-state index contributed by atoms with van der Waals surface area (Å²) in [5.41, 5.74) is -0.281. The van der Waals surface area contributed by atoms with Crippen LogP contribution in [-0.2, 0) is 17.4 Å². The highest BCUT2D eigenvalue weighted by molar-refractivity contribution is 5.79. The summed E-state index contributed by atoms with van der Waals surface area (Å²) in [6, 6.07) is 0. The van der Waals surface area contributed by atoms with Crippen molar-refractivity contribution in [3.63, 3.8) is 0 Å². The number of aliphatic hydroxyl groups is 1. The van der Waals surface area contributed by atoms with Crippen molar-refractivity contribution in [1.82, 2.24) is 20.4 Å². The monoisotopic (exact) mass is 379 g/mol. The van der Waals surface area contributed by atoms with E-state index in [1.165, 1.54) is 25.7 Å². The molecule has 2 unspecified atom stereocenters. The number of nitrogens with zero attached hydrogens (tertiary/aromatic N) is 3. The van der Waals surface area contributed by atoms with E-state index in [1.54, 1.807) is 17.8 Å². The summed E-state index contributed by atoms with van der Waals surface area (Å²) in [6.07, 6.45) is 10.0. The number of rotatable bonds is 10. The summed E-state index contributed by atoms with van der Waals surface area (Å²) < 4.78 is 7.68. The summed E-state index contributed by atoms with van der Waals surface area (Å²) in [6.45, 7) is 8.50. The molecular weight excluding hydrogens is 342 g/mol. The van der Waals surface area contributed by atoms with Crippen LogP contribution in [-0.4, -0.2) is 53.2 Å². The zero-order valence-electron chi connectivity index (χ0n) is 17.4. The second-order valence-electron chi connectivity index (χ2n) is 7.63. The molecule has 1 aliphatic carbocycles. The highest BCUT2D eigenvalue weighted by Crippen LogP contribution is 2.30. The van der Waals surface area contributed by atoms with Crippen LogP contribution in [0.15, 0.2) is 17.4 Å². The number of hydrogen-bond acceptors (Lipinski definition) is 4. The van der Waals surface area contributed by atoms with Crippen molar-refractivity contribution in [2.75, 3.05) is 26.2 Å². The predicted octanol–water partition coefficient (Wildman–Crippen LogP) is 2.17. The van der Waals surface area contributed by atoms with Crippen LogP contribution in [0.25, 0.3) is 0 Å². The molecule has 154 valence electrons. The maximum Gasteiger partial charge on any atom is 0.191 e. The van der Waals surface area contributed by atoms with E-state index < -0.39 is 5.60 Å². The van der Waals surface area contributed by atoms with Gasteiger partial charge in [0.2, 0.25) is 0 Å². The van der Waals surface area contributed by atoms with Crippen molar-refractivity contribution in [3.05, 3.63) is 18.0 Å². The molecule has 2 atom stereocenters. The van der Waals surface area contributed by atoms with Gasteiger partial charge < -0.3 is 20.5 Å². The number of aromatic nitrogens is 2. The van der Waals surface area contributed by atoms with Gasteiger partial charge in [-0.25, -0.2) is 4.99 Å². The van der Waals surface area contributed by atoms with Gasteiger partial charge in [-0.2, -0.15) is 5.10 Å².